The van der Waals surface area contributed by atoms with Crippen molar-refractivity contribution >= 4 is 5.97 Å². The highest BCUT2D eigenvalue weighted by atomic mass is 16.5. The zero-order valence-corrected chi connectivity index (χ0v) is 11.2. The van der Waals surface area contributed by atoms with Gasteiger partial charge in [-0.3, -0.25) is 0 Å². The predicted octanol–water partition coefficient (Wildman–Crippen LogP) is 2.50. The molecule has 0 heterocycles. The summed E-state index contributed by atoms with van der Waals surface area (Å²) in [5, 5.41) is 6.49. The second-order valence-electron chi connectivity index (χ2n) is 3.95. The summed E-state index contributed by atoms with van der Waals surface area (Å²) >= 11 is 0. The van der Waals surface area contributed by atoms with Crippen LogP contribution in [0.1, 0.15) is 24.1 Å². The summed E-state index contributed by atoms with van der Waals surface area (Å²) in [6.45, 7) is 4.75. The molecule has 1 rings (SSSR count). The van der Waals surface area contributed by atoms with E-state index in [-0.39, 0.29) is 12.5 Å². The molecule has 1 aromatic carbocycles. The van der Waals surface area contributed by atoms with Gasteiger partial charge in [-0.1, -0.05) is 29.4 Å². The number of nitrogens with one attached hydrogen (secondary N) is 1. The highest BCUT2D eigenvalue weighted by molar-refractivity contribution is 5.78. The Labute approximate surface area is 112 Å². The minimum atomic E-state index is -0.532. The van der Waals surface area contributed by atoms with E-state index in [1.165, 1.54) is 0 Å². The molecule has 0 aliphatic carbocycles. The van der Waals surface area contributed by atoms with Gasteiger partial charge in [-0.2, -0.15) is 0 Å². The number of azide groups is 1. The van der Waals surface area contributed by atoms with Gasteiger partial charge >= 0.3 is 5.97 Å². The number of nitrogens with zero attached hydrogens (tertiary/aromatic N) is 3. The Morgan fingerprint density at radius 2 is 2.26 bits per heavy atom. The highest BCUT2D eigenvalue weighted by Gasteiger charge is 2.22. The number of esters is 1. The van der Waals surface area contributed by atoms with E-state index in [1.807, 2.05) is 31.2 Å². The lowest BCUT2D eigenvalue weighted by Crippen LogP contribution is -2.32. The standard InChI is InChI=1S/C13H18N4O2/c1-3-19-13(18)12(15-8-9-16-17-14)11-7-5-4-6-10(11)2/h4-7,12,15H,3,8-9H2,1-2H3. The average molecular weight is 262 g/mol. The SMILES string of the molecule is CCOC(=O)C(NCCN=[N+]=[N-])c1ccccc1C. The summed E-state index contributed by atoms with van der Waals surface area (Å²) in [5.41, 5.74) is 10.1. The quantitative estimate of drug-likeness (QED) is 0.269. The van der Waals surface area contributed by atoms with Gasteiger partial charge in [-0.25, -0.2) is 4.79 Å². The Hall–Kier alpha value is -2.04. The van der Waals surface area contributed by atoms with Crippen LogP contribution in [0.2, 0.25) is 0 Å². The van der Waals surface area contributed by atoms with Gasteiger partial charge in [0, 0.05) is 18.0 Å². The molecule has 0 bridgehead atoms. The predicted molar refractivity (Wildman–Crippen MR) is 72.6 cm³/mol. The first kappa shape index (κ1) is 15.0. The van der Waals surface area contributed by atoms with Crippen molar-refractivity contribution in [2.24, 2.45) is 5.11 Å². The Morgan fingerprint density at radius 1 is 1.53 bits per heavy atom. The molecule has 1 N–H and O–H groups in total. The third-order valence-corrected chi connectivity index (χ3v) is 2.65. The minimum Gasteiger partial charge on any atom is -0.465 e. The second-order valence-corrected chi connectivity index (χ2v) is 3.95. The smallest absolute Gasteiger partial charge is 0.327 e. The van der Waals surface area contributed by atoms with Crippen LogP contribution in [0.25, 0.3) is 10.4 Å². The van der Waals surface area contributed by atoms with Gasteiger partial charge in [0.1, 0.15) is 6.04 Å². The number of aryl methyl sites for hydroxylation is 1. The normalized spacial score (nSPS) is 11.5. The van der Waals surface area contributed by atoms with Gasteiger partial charge in [-0.05, 0) is 30.5 Å². The van der Waals surface area contributed by atoms with Gasteiger partial charge in [-0.15, -0.1) is 0 Å². The van der Waals surface area contributed by atoms with Crippen LogP contribution in [0, 0.1) is 6.92 Å². The molecule has 102 valence electrons. The molecule has 0 spiro atoms. The lowest BCUT2D eigenvalue weighted by molar-refractivity contribution is -0.145. The van der Waals surface area contributed by atoms with E-state index in [0.717, 1.165) is 11.1 Å². The molecule has 0 saturated heterocycles. The fourth-order valence-corrected chi connectivity index (χ4v) is 1.76. The summed E-state index contributed by atoms with van der Waals surface area (Å²) in [7, 11) is 0. The van der Waals surface area contributed by atoms with Crippen LogP contribution >= 0.6 is 0 Å². The summed E-state index contributed by atoms with van der Waals surface area (Å²) in [5.74, 6) is -0.322. The van der Waals surface area contributed by atoms with E-state index in [9.17, 15) is 4.79 Å². The third-order valence-electron chi connectivity index (χ3n) is 2.65. The van der Waals surface area contributed by atoms with Crippen LogP contribution in [0.15, 0.2) is 29.4 Å². The summed E-state index contributed by atoms with van der Waals surface area (Å²) < 4.78 is 5.07. The Bertz CT molecular complexity index is 469. The molecule has 0 aromatic heterocycles. The van der Waals surface area contributed by atoms with E-state index >= 15 is 0 Å². The van der Waals surface area contributed by atoms with Crippen LogP contribution in [-0.2, 0) is 9.53 Å². The fraction of sp³-hybridized carbons (Fsp3) is 0.462. The molecule has 0 aliphatic heterocycles. The van der Waals surface area contributed by atoms with Gasteiger partial charge in [0.05, 0.1) is 6.61 Å². The first-order valence-electron chi connectivity index (χ1n) is 6.17. The highest BCUT2D eigenvalue weighted by Crippen LogP contribution is 2.18. The van der Waals surface area contributed by atoms with E-state index in [2.05, 4.69) is 15.3 Å². The van der Waals surface area contributed by atoms with Gasteiger partial charge < -0.3 is 10.1 Å². The fourth-order valence-electron chi connectivity index (χ4n) is 1.76. The molecule has 0 saturated carbocycles. The van der Waals surface area contributed by atoms with Gasteiger partial charge in [0.25, 0.3) is 0 Å². The van der Waals surface area contributed by atoms with Crippen molar-refractivity contribution in [3.8, 4) is 0 Å². The van der Waals surface area contributed by atoms with E-state index in [1.54, 1.807) is 6.92 Å². The number of rotatable bonds is 7. The molecular formula is C13H18N4O2. The number of hydrogen-bond donors (Lipinski definition) is 1. The largest absolute Gasteiger partial charge is 0.465 e. The second kappa shape index (κ2) is 8.13. The molecule has 0 aliphatic rings. The molecule has 6 nitrogen and oxygen atoms in total. The van der Waals surface area contributed by atoms with Crippen LogP contribution in [0.5, 0.6) is 0 Å². The van der Waals surface area contributed by atoms with E-state index in [0.29, 0.717) is 13.2 Å². The van der Waals surface area contributed by atoms with Crippen LogP contribution in [0.3, 0.4) is 0 Å². The summed E-state index contributed by atoms with van der Waals surface area (Å²) in [6.07, 6.45) is 0. The van der Waals surface area contributed by atoms with Crippen molar-refractivity contribution in [2.75, 3.05) is 19.7 Å². The van der Waals surface area contributed by atoms with Crippen molar-refractivity contribution in [1.29, 1.82) is 0 Å². The molecule has 1 aromatic rings. The molecule has 1 unspecified atom stereocenters. The lowest BCUT2D eigenvalue weighted by atomic mass is 10.0. The monoisotopic (exact) mass is 262 g/mol. The molecule has 0 radical (unpaired) electrons. The van der Waals surface area contributed by atoms with Crippen molar-refractivity contribution in [3.05, 3.63) is 45.8 Å². The van der Waals surface area contributed by atoms with Crippen molar-refractivity contribution < 1.29 is 9.53 Å². The molecular weight excluding hydrogens is 244 g/mol. The first-order valence-corrected chi connectivity index (χ1v) is 6.17. The maximum atomic E-state index is 12.0. The Morgan fingerprint density at radius 3 is 2.89 bits per heavy atom. The number of ether oxygens (including phenoxy) is 1. The summed E-state index contributed by atoms with van der Waals surface area (Å²) in [6, 6.07) is 7.09. The average Bonchev–Trinajstić information content (AvgIpc) is 2.40. The topological polar surface area (TPSA) is 87.1 Å². The van der Waals surface area contributed by atoms with Gasteiger partial charge in [0.2, 0.25) is 0 Å². The Balaban J connectivity index is 2.83. The maximum Gasteiger partial charge on any atom is 0.327 e. The van der Waals surface area contributed by atoms with E-state index < -0.39 is 6.04 Å². The van der Waals surface area contributed by atoms with E-state index in [4.69, 9.17) is 10.3 Å². The number of carbonyl (C=O) groups is 1. The number of carbonyl (C=O) groups excluding carboxylic acids is 1. The zero-order chi connectivity index (χ0) is 14.1. The first-order chi connectivity index (χ1) is 9.20. The van der Waals surface area contributed by atoms with Crippen LogP contribution < -0.4 is 5.32 Å². The molecule has 6 heteroatoms. The van der Waals surface area contributed by atoms with Crippen LogP contribution in [-0.4, -0.2) is 25.7 Å². The van der Waals surface area contributed by atoms with Gasteiger partial charge in [0.15, 0.2) is 0 Å². The number of benzene rings is 1. The molecule has 19 heavy (non-hydrogen) atoms. The molecule has 0 amide bonds. The Kier molecular flexibility index (Phi) is 6.43. The summed E-state index contributed by atoms with van der Waals surface area (Å²) in [4.78, 5) is 14.6. The maximum absolute atomic E-state index is 12.0. The minimum absolute atomic E-state index is 0.290. The molecule has 0 fully saturated rings. The van der Waals surface area contributed by atoms with Crippen LogP contribution in [0.4, 0.5) is 0 Å². The van der Waals surface area contributed by atoms with Crippen molar-refractivity contribution in [2.45, 2.75) is 19.9 Å². The number of hydrogen-bond acceptors (Lipinski definition) is 4. The van der Waals surface area contributed by atoms with Crippen molar-refractivity contribution in [1.82, 2.24) is 5.32 Å². The third kappa shape index (κ3) is 4.62. The zero-order valence-electron chi connectivity index (χ0n) is 11.2. The lowest BCUT2D eigenvalue weighted by Gasteiger charge is -2.19. The van der Waals surface area contributed by atoms with Crippen molar-refractivity contribution in [3.63, 3.8) is 0 Å². The molecule has 1 atom stereocenters.